The number of ether oxygens (including phenoxy) is 1. The van der Waals surface area contributed by atoms with Crippen LogP contribution < -0.4 is 0 Å². The van der Waals surface area contributed by atoms with Crippen LogP contribution in [0.5, 0.6) is 0 Å². The van der Waals surface area contributed by atoms with E-state index >= 15 is 0 Å². The van der Waals surface area contributed by atoms with Crippen molar-refractivity contribution in [2.24, 2.45) is 5.92 Å². The molecule has 0 bridgehead atoms. The number of carbonyl (C=O) groups excluding carboxylic acids is 1. The van der Waals surface area contributed by atoms with Gasteiger partial charge in [-0.25, -0.2) is 0 Å². The highest BCUT2D eigenvalue weighted by Gasteiger charge is 2.21. The lowest BCUT2D eigenvalue weighted by Crippen LogP contribution is -2.30. The summed E-state index contributed by atoms with van der Waals surface area (Å²) in [5, 5.41) is 8.97. The Morgan fingerprint density at radius 3 is 2.40 bits per heavy atom. The third-order valence-electron chi connectivity index (χ3n) is 2.99. The minimum Gasteiger partial charge on any atom is -0.396 e. The Hall–Kier alpha value is -0.610. The van der Waals surface area contributed by atoms with Gasteiger partial charge in [0.25, 0.3) is 0 Å². The van der Waals surface area contributed by atoms with Crippen molar-refractivity contribution in [1.82, 2.24) is 4.90 Å². The van der Waals surface area contributed by atoms with Gasteiger partial charge in [-0.2, -0.15) is 0 Å². The van der Waals surface area contributed by atoms with Crippen molar-refractivity contribution in [1.29, 1.82) is 0 Å². The SMILES string of the molecule is CN(C)C(=O)COC1CCC(CO)CC1. The monoisotopic (exact) mass is 215 g/mol. The largest absolute Gasteiger partial charge is 0.396 e. The molecule has 1 fully saturated rings. The van der Waals surface area contributed by atoms with Crippen LogP contribution in [0.1, 0.15) is 25.7 Å². The van der Waals surface area contributed by atoms with E-state index in [1.54, 1.807) is 19.0 Å². The molecule has 0 spiro atoms. The fraction of sp³-hybridized carbons (Fsp3) is 0.909. The Kier molecular flexibility index (Phi) is 5.05. The molecule has 4 nitrogen and oxygen atoms in total. The van der Waals surface area contributed by atoms with Crippen LogP contribution in [-0.2, 0) is 9.53 Å². The molecule has 1 N–H and O–H groups in total. The van der Waals surface area contributed by atoms with Crippen molar-refractivity contribution >= 4 is 5.91 Å². The molecule has 1 saturated carbocycles. The van der Waals surface area contributed by atoms with Crippen LogP contribution in [-0.4, -0.2) is 49.3 Å². The normalized spacial score (nSPS) is 26.3. The zero-order chi connectivity index (χ0) is 11.3. The topological polar surface area (TPSA) is 49.8 Å². The number of aliphatic hydroxyl groups is 1. The number of rotatable bonds is 4. The van der Waals surface area contributed by atoms with E-state index in [1.807, 2.05) is 0 Å². The number of carbonyl (C=O) groups is 1. The lowest BCUT2D eigenvalue weighted by Gasteiger charge is -2.27. The van der Waals surface area contributed by atoms with Gasteiger partial charge in [-0.1, -0.05) is 0 Å². The Balaban J connectivity index is 2.16. The quantitative estimate of drug-likeness (QED) is 0.749. The molecular formula is C11H21NO3. The van der Waals surface area contributed by atoms with Gasteiger partial charge < -0.3 is 14.7 Å². The molecule has 0 saturated heterocycles. The van der Waals surface area contributed by atoms with Crippen LogP contribution >= 0.6 is 0 Å². The summed E-state index contributed by atoms with van der Waals surface area (Å²) in [4.78, 5) is 12.8. The van der Waals surface area contributed by atoms with E-state index in [9.17, 15) is 4.79 Å². The number of amides is 1. The van der Waals surface area contributed by atoms with Crippen LogP contribution in [0.4, 0.5) is 0 Å². The Morgan fingerprint density at radius 1 is 1.33 bits per heavy atom. The van der Waals surface area contributed by atoms with Gasteiger partial charge in [0.1, 0.15) is 6.61 Å². The highest BCUT2D eigenvalue weighted by atomic mass is 16.5. The third-order valence-corrected chi connectivity index (χ3v) is 2.99. The Morgan fingerprint density at radius 2 is 1.93 bits per heavy atom. The molecule has 1 amide bonds. The Bertz CT molecular complexity index is 198. The minimum atomic E-state index is 0.0132. The van der Waals surface area contributed by atoms with Gasteiger partial charge in [0.05, 0.1) is 6.10 Å². The first-order valence-corrected chi connectivity index (χ1v) is 5.56. The predicted molar refractivity (Wildman–Crippen MR) is 57.5 cm³/mol. The molecule has 0 aromatic rings. The molecular weight excluding hydrogens is 194 g/mol. The zero-order valence-corrected chi connectivity index (χ0v) is 9.61. The van der Waals surface area contributed by atoms with Gasteiger partial charge in [0, 0.05) is 20.7 Å². The molecule has 0 unspecified atom stereocenters. The molecule has 15 heavy (non-hydrogen) atoms. The zero-order valence-electron chi connectivity index (χ0n) is 9.61. The van der Waals surface area contributed by atoms with E-state index in [4.69, 9.17) is 9.84 Å². The summed E-state index contributed by atoms with van der Waals surface area (Å²) >= 11 is 0. The smallest absolute Gasteiger partial charge is 0.248 e. The van der Waals surface area contributed by atoms with E-state index < -0.39 is 0 Å². The first kappa shape index (κ1) is 12.5. The number of nitrogens with zero attached hydrogens (tertiary/aromatic N) is 1. The summed E-state index contributed by atoms with van der Waals surface area (Å²) in [7, 11) is 3.46. The van der Waals surface area contributed by atoms with E-state index in [2.05, 4.69) is 0 Å². The number of likely N-dealkylation sites (N-methyl/N-ethyl adjacent to an activating group) is 1. The molecule has 1 rings (SSSR count). The van der Waals surface area contributed by atoms with Crippen LogP contribution in [0.25, 0.3) is 0 Å². The number of hydrogen-bond acceptors (Lipinski definition) is 3. The second-order valence-electron chi connectivity index (χ2n) is 4.42. The first-order valence-electron chi connectivity index (χ1n) is 5.56. The van der Waals surface area contributed by atoms with Crippen molar-refractivity contribution in [2.45, 2.75) is 31.8 Å². The van der Waals surface area contributed by atoms with Crippen molar-refractivity contribution < 1.29 is 14.6 Å². The Labute approximate surface area is 91.2 Å². The predicted octanol–water partition coefficient (Wildman–Crippen LogP) is 0.642. The van der Waals surface area contributed by atoms with Crippen LogP contribution in [0.2, 0.25) is 0 Å². The molecule has 88 valence electrons. The average Bonchev–Trinajstić information content (AvgIpc) is 2.26. The fourth-order valence-electron chi connectivity index (χ4n) is 1.80. The second kappa shape index (κ2) is 6.08. The molecule has 4 heteroatoms. The van der Waals surface area contributed by atoms with E-state index in [1.165, 1.54) is 0 Å². The fourth-order valence-corrected chi connectivity index (χ4v) is 1.80. The second-order valence-corrected chi connectivity index (χ2v) is 4.42. The van der Waals surface area contributed by atoms with Gasteiger partial charge >= 0.3 is 0 Å². The van der Waals surface area contributed by atoms with Gasteiger partial charge in [0.2, 0.25) is 5.91 Å². The molecule has 1 aliphatic rings. The highest BCUT2D eigenvalue weighted by molar-refractivity contribution is 5.76. The summed E-state index contributed by atoms with van der Waals surface area (Å²) in [6, 6.07) is 0. The third kappa shape index (κ3) is 4.18. The lowest BCUT2D eigenvalue weighted by atomic mass is 9.88. The van der Waals surface area contributed by atoms with Gasteiger partial charge in [-0.15, -0.1) is 0 Å². The lowest BCUT2D eigenvalue weighted by molar-refractivity contribution is -0.136. The molecule has 1 aliphatic carbocycles. The summed E-state index contributed by atoms with van der Waals surface area (Å²) in [6.45, 7) is 0.463. The molecule has 0 radical (unpaired) electrons. The molecule has 0 heterocycles. The first-order chi connectivity index (χ1) is 7.13. The van der Waals surface area contributed by atoms with Crippen molar-refractivity contribution in [3.05, 3.63) is 0 Å². The maximum atomic E-state index is 11.3. The van der Waals surface area contributed by atoms with Gasteiger partial charge in [-0.3, -0.25) is 4.79 Å². The molecule has 0 aliphatic heterocycles. The summed E-state index contributed by atoms with van der Waals surface area (Å²) in [5.74, 6) is 0.452. The van der Waals surface area contributed by atoms with Gasteiger partial charge in [-0.05, 0) is 31.6 Å². The maximum absolute atomic E-state index is 11.3. The summed E-state index contributed by atoms with van der Waals surface area (Å²) < 4.78 is 5.53. The van der Waals surface area contributed by atoms with E-state index in [0.717, 1.165) is 25.7 Å². The number of hydrogen-bond donors (Lipinski definition) is 1. The molecule has 0 aromatic carbocycles. The van der Waals surface area contributed by atoms with Crippen LogP contribution in [0.3, 0.4) is 0 Å². The van der Waals surface area contributed by atoms with Crippen molar-refractivity contribution in [3.63, 3.8) is 0 Å². The standard InChI is InChI=1S/C11H21NO3/c1-12(2)11(14)8-15-10-5-3-9(7-13)4-6-10/h9-10,13H,3-8H2,1-2H3. The maximum Gasteiger partial charge on any atom is 0.248 e. The molecule has 0 aromatic heterocycles. The average molecular weight is 215 g/mol. The van der Waals surface area contributed by atoms with Crippen molar-refractivity contribution in [3.8, 4) is 0 Å². The highest BCUT2D eigenvalue weighted by Crippen LogP contribution is 2.25. The van der Waals surface area contributed by atoms with E-state index in [-0.39, 0.29) is 25.2 Å². The minimum absolute atomic E-state index is 0.0132. The van der Waals surface area contributed by atoms with E-state index in [0.29, 0.717) is 5.92 Å². The summed E-state index contributed by atoms with van der Waals surface area (Å²) in [6.07, 6.45) is 4.16. The summed E-state index contributed by atoms with van der Waals surface area (Å²) in [5.41, 5.74) is 0. The number of aliphatic hydroxyl groups excluding tert-OH is 1. The molecule has 0 atom stereocenters. The van der Waals surface area contributed by atoms with Crippen LogP contribution in [0.15, 0.2) is 0 Å². The van der Waals surface area contributed by atoms with Crippen molar-refractivity contribution in [2.75, 3.05) is 27.3 Å². The van der Waals surface area contributed by atoms with Gasteiger partial charge in [0.15, 0.2) is 0 Å². The van der Waals surface area contributed by atoms with Crippen LogP contribution in [0, 0.1) is 5.92 Å².